The average Bonchev–Trinajstić information content (AvgIpc) is 3.07. The van der Waals surface area contributed by atoms with Crippen molar-refractivity contribution < 1.29 is 18.0 Å². The van der Waals surface area contributed by atoms with Gasteiger partial charge >= 0.3 is 0 Å². The third kappa shape index (κ3) is 8.65. The Kier molecular flexibility index (Phi) is 11.3. The highest BCUT2D eigenvalue weighted by atomic mass is 79.9. The van der Waals surface area contributed by atoms with Gasteiger partial charge in [0.05, 0.1) is 10.6 Å². The van der Waals surface area contributed by atoms with Crippen LogP contribution in [0.5, 0.6) is 0 Å². The fourth-order valence-corrected chi connectivity index (χ4v) is 7.54. The lowest BCUT2D eigenvalue weighted by Gasteiger charge is -2.35. The molecule has 1 saturated carbocycles. The summed E-state index contributed by atoms with van der Waals surface area (Å²) in [4.78, 5) is 30.4. The fourth-order valence-electron chi connectivity index (χ4n) is 5.84. The fraction of sp³-hybridized carbons (Fsp3) is 0.297. The van der Waals surface area contributed by atoms with Gasteiger partial charge in [0.1, 0.15) is 12.6 Å². The van der Waals surface area contributed by atoms with E-state index in [1.165, 1.54) is 12.1 Å². The molecule has 0 saturated heterocycles. The van der Waals surface area contributed by atoms with Crippen molar-refractivity contribution in [1.82, 2.24) is 10.2 Å². The number of nitrogens with one attached hydrogen (secondary N) is 1. The molecule has 0 aliphatic heterocycles. The van der Waals surface area contributed by atoms with E-state index >= 15 is 0 Å². The molecule has 1 fully saturated rings. The zero-order valence-corrected chi connectivity index (χ0v) is 28.4. The van der Waals surface area contributed by atoms with Crippen molar-refractivity contribution >= 4 is 43.5 Å². The zero-order chi connectivity index (χ0) is 32.5. The van der Waals surface area contributed by atoms with Crippen molar-refractivity contribution in [3.63, 3.8) is 0 Å². The standard InChI is InChI=1S/C37H40BrN3O4S/c1-28-17-23-33(24-18-28)41(46(44,45)34-15-9-4-10-16-34)27-36(42)40(26-30-19-21-31(38)22-20-30)35(25-29-11-5-2-6-12-29)37(43)39-32-13-7-3-8-14-32/h2,4-6,9-12,15-24,32,35H,3,7-8,13-14,25-27H2,1H3,(H,39,43). The van der Waals surface area contributed by atoms with Crippen molar-refractivity contribution in [2.45, 2.75) is 69.0 Å². The minimum atomic E-state index is -4.12. The SMILES string of the molecule is Cc1ccc(N(CC(=O)N(Cc2ccc(Br)cc2)C(Cc2ccccc2)C(=O)NC2CCCCC2)S(=O)(=O)c2ccccc2)cc1. The third-order valence-electron chi connectivity index (χ3n) is 8.42. The van der Waals surface area contributed by atoms with Crippen LogP contribution in [0.2, 0.25) is 0 Å². The molecule has 240 valence electrons. The van der Waals surface area contributed by atoms with E-state index in [9.17, 15) is 18.0 Å². The van der Waals surface area contributed by atoms with Crippen LogP contribution in [0.1, 0.15) is 48.8 Å². The molecule has 7 nitrogen and oxygen atoms in total. The highest BCUT2D eigenvalue weighted by molar-refractivity contribution is 9.10. The molecule has 46 heavy (non-hydrogen) atoms. The summed E-state index contributed by atoms with van der Waals surface area (Å²) in [5, 5.41) is 3.24. The highest BCUT2D eigenvalue weighted by Crippen LogP contribution is 2.26. The molecular formula is C37H40BrN3O4S. The normalized spacial score (nSPS) is 14.3. The van der Waals surface area contributed by atoms with Crippen molar-refractivity contribution in [2.24, 2.45) is 0 Å². The van der Waals surface area contributed by atoms with E-state index in [4.69, 9.17) is 0 Å². The summed E-state index contributed by atoms with van der Waals surface area (Å²) in [6.07, 6.45) is 5.36. The Morgan fingerprint density at radius 1 is 0.804 bits per heavy atom. The predicted octanol–water partition coefficient (Wildman–Crippen LogP) is 7.04. The van der Waals surface area contributed by atoms with Crippen LogP contribution in [-0.4, -0.2) is 43.8 Å². The average molecular weight is 703 g/mol. The molecule has 1 aliphatic rings. The first-order valence-corrected chi connectivity index (χ1v) is 18.0. The lowest BCUT2D eigenvalue weighted by molar-refractivity contribution is -0.140. The van der Waals surface area contributed by atoms with E-state index in [-0.39, 0.29) is 29.8 Å². The molecular weight excluding hydrogens is 662 g/mol. The van der Waals surface area contributed by atoms with Crippen LogP contribution in [0.4, 0.5) is 5.69 Å². The Morgan fingerprint density at radius 3 is 2.04 bits per heavy atom. The highest BCUT2D eigenvalue weighted by Gasteiger charge is 2.35. The summed E-state index contributed by atoms with van der Waals surface area (Å²) in [7, 11) is -4.12. The Balaban J connectivity index is 1.55. The van der Waals surface area contributed by atoms with Crippen LogP contribution < -0.4 is 9.62 Å². The number of halogens is 1. The number of benzene rings is 4. The van der Waals surface area contributed by atoms with Crippen molar-refractivity contribution in [2.75, 3.05) is 10.8 Å². The lowest BCUT2D eigenvalue weighted by Crippen LogP contribution is -2.55. The quantitative estimate of drug-likeness (QED) is 0.172. The molecule has 0 spiro atoms. The third-order valence-corrected chi connectivity index (χ3v) is 10.7. The molecule has 1 atom stereocenters. The number of hydrogen-bond donors (Lipinski definition) is 1. The van der Waals surface area contributed by atoms with Crippen molar-refractivity contribution in [1.29, 1.82) is 0 Å². The molecule has 0 heterocycles. The van der Waals surface area contributed by atoms with Crippen LogP contribution >= 0.6 is 15.9 Å². The number of sulfonamides is 1. The molecule has 0 aromatic heterocycles. The van der Waals surface area contributed by atoms with Gasteiger partial charge in [-0.25, -0.2) is 8.42 Å². The number of anilines is 1. The van der Waals surface area contributed by atoms with Crippen LogP contribution in [0.25, 0.3) is 0 Å². The molecule has 1 unspecified atom stereocenters. The van der Waals surface area contributed by atoms with E-state index in [0.717, 1.165) is 57.6 Å². The monoisotopic (exact) mass is 701 g/mol. The van der Waals surface area contributed by atoms with Gasteiger partial charge in [0.25, 0.3) is 10.0 Å². The molecule has 0 radical (unpaired) electrons. The van der Waals surface area contributed by atoms with E-state index in [1.807, 2.05) is 73.7 Å². The molecule has 4 aromatic rings. The number of carbonyl (C=O) groups is 2. The Bertz CT molecular complexity index is 1690. The number of rotatable bonds is 12. The van der Waals surface area contributed by atoms with Gasteiger partial charge in [-0.15, -0.1) is 0 Å². The van der Waals surface area contributed by atoms with E-state index in [2.05, 4.69) is 21.2 Å². The number of amides is 2. The summed E-state index contributed by atoms with van der Waals surface area (Å²) >= 11 is 3.48. The molecule has 5 rings (SSSR count). The van der Waals surface area contributed by atoms with Gasteiger partial charge in [0.15, 0.2) is 0 Å². The molecule has 1 N–H and O–H groups in total. The maximum absolute atomic E-state index is 14.6. The van der Waals surface area contributed by atoms with E-state index in [1.54, 1.807) is 35.2 Å². The maximum Gasteiger partial charge on any atom is 0.264 e. The van der Waals surface area contributed by atoms with Crippen LogP contribution in [0, 0.1) is 6.92 Å². The molecule has 4 aromatic carbocycles. The molecule has 1 aliphatic carbocycles. The van der Waals surface area contributed by atoms with Crippen LogP contribution in [-0.2, 0) is 32.6 Å². The Morgan fingerprint density at radius 2 is 1.41 bits per heavy atom. The minimum Gasteiger partial charge on any atom is -0.352 e. The number of aryl methyl sites for hydroxylation is 1. The minimum absolute atomic E-state index is 0.0478. The number of nitrogens with zero attached hydrogens (tertiary/aromatic N) is 2. The molecule has 0 bridgehead atoms. The molecule has 9 heteroatoms. The Hall–Kier alpha value is -3.95. The second kappa shape index (κ2) is 15.6. The van der Waals surface area contributed by atoms with Gasteiger partial charge < -0.3 is 10.2 Å². The van der Waals surface area contributed by atoms with Gasteiger partial charge in [-0.1, -0.05) is 114 Å². The summed E-state index contributed by atoms with van der Waals surface area (Å²) in [5.41, 5.74) is 3.07. The maximum atomic E-state index is 14.6. The second-order valence-corrected chi connectivity index (χ2v) is 14.6. The number of carbonyl (C=O) groups excluding carboxylic acids is 2. The lowest BCUT2D eigenvalue weighted by atomic mass is 9.94. The smallest absolute Gasteiger partial charge is 0.264 e. The van der Waals surface area contributed by atoms with Gasteiger partial charge in [-0.3, -0.25) is 13.9 Å². The topological polar surface area (TPSA) is 86.8 Å². The van der Waals surface area contributed by atoms with Crippen molar-refractivity contribution in [3.8, 4) is 0 Å². The first-order chi connectivity index (χ1) is 22.2. The summed E-state index contributed by atoms with van der Waals surface area (Å²) in [6, 6.07) is 31.6. The number of hydrogen-bond acceptors (Lipinski definition) is 4. The van der Waals surface area contributed by atoms with Crippen molar-refractivity contribution in [3.05, 3.63) is 130 Å². The Labute approximate surface area is 280 Å². The molecule has 2 amide bonds. The van der Waals surface area contributed by atoms with E-state index < -0.39 is 28.5 Å². The first-order valence-electron chi connectivity index (χ1n) is 15.7. The summed E-state index contributed by atoms with van der Waals surface area (Å²) in [5.74, 6) is -0.697. The van der Waals surface area contributed by atoms with Crippen LogP contribution in [0.15, 0.2) is 119 Å². The van der Waals surface area contributed by atoms with Gasteiger partial charge in [0, 0.05) is 23.5 Å². The van der Waals surface area contributed by atoms with Gasteiger partial charge in [-0.2, -0.15) is 0 Å². The first kappa shape index (κ1) is 33.4. The predicted molar refractivity (Wildman–Crippen MR) is 186 cm³/mol. The summed E-state index contributed by atoms with van der Waals surface area (Å²) in [6.45, 7) is 1.58. The van der Waals surface area contributed by atoms with Crippen LogP contribution in [0.3, 0.4) is 0 Å². The summed E-state index contributed by atoms with van der Waals surface area (Å²) < 4.78 is 30.2. The van der Waals surface area contributed by atoms with Gasteiger partial charge in [0.2, 0.25) is 11.8 Å². The largest absolute Gasteiger partial charge is 0.352 e. The second-order valence-electron chi connectivity index (χ2n) is 11.9. The van der Waals surface area contributed by atoms with E-state index in [0.29, 0.717) is 5.69 Å². The van der Waals surface area contributed by atoms with Gasteiger partial charge in [-0.05, 0) is 67.3 Å². The zero-order valence-electron chi connectivity index (χ0n) is 26.0.